The summed E-state index contributed by atoms with van der Waals surface area (Å²) < 4.78 is 12.3. The minimum Gasteiger partial charge on any atom is -0.454 e. The van der Waals surface area contributed by atoms with Crippen LogP contribution in [0.4, 0.5) is 5.82 Å². The Hall–Kier alpha value is -3.35. The number of rotatable bonds is 4. The zero-order valence-corrected chi connectivity index (χ0v) is 12.7. The summed E-state index contributed by atoms with van der Waals surface area (Å²) >= 11 is 0. The molecule has 1 N–H and O–H groups in total. The van der Waals surface area contributed by atoms with E-state index >= 15 is 0 Å². The average molecular weight is 322 g/mol. The van der Waals surface area contributed by atoms with Crippen LogP contribution in [-0.2, 0) is 6.54 Å². The summed E-state index contributed by atoms with van der Waals surface area (Å²) in [5.41, 5.74) is 1.57. The molecule has 24 heavy (non-hydrogen) atoms. The highest BCUT2D eigenvalue weighted by Gasteiger charge is 2.16. The lowest BCUT2D eigenvalue weighted by Crippen LogP contribution is -2.12. The lowest BCUT2D eigenvalue weighted by molar-refractivity contribution is 0.102. The van der Waals surface area contributed by atoms with E-state index in [1.807, 2.05) is 18.3 Å². The highest BCUT2D eigenvalue weighted by Crippen LogP contribution is 2.32. The fraction of sp³-hybridized carbons (Fsp3) is 0.118. The number of nitrogens with one attached hydrogen (secondary N) is 1. The van der Waals surface area contributed by atoms with Gasteiger partial charge in [-0.2, -0.15) is 5.10 Å². The Bertz CT molecular complexity index is 877. The molecule has 3 aromatic rings. The molecule has 0 spiro atoms. The van der Waals surface area contributed by atoms with Gasteiger partial charge in [0.25, 0.3) is 5.91 Å². The van der Waals surface area contributed by atoms with Gasteiger partial charge in [0.15, 0.2) is 17.3 Å². The second-order valence-electron chi connectivity index (χ2n) is 5.28. The van der Waals surface area contributed by atoms with Crippen molar-refractivity contribution < 1.29 is 14.3 Å². The largest absolute Gasteiger partial charge is 0.454 e. The minimum absolute atomic E-state index is 0.180. The van der Waals surface area contributed by atoms with E-state index < -0.39 is 0 Å². The monoisotopic (exact) mass is 322 g/mol. The zero-order valence-electron chi connectivity index (χ0n) is 12.7. The summed E-state index contributed by atoms with van der Waals surface area (Å²) in [5, 5.41) is 7.13. The van der Waals surface area contributed by atoms with Gasteiger partial charge in [0.05, 0.1) is 6.54 Å². The summed E-state index contributed by atoms with van der Waals surface area (Å²) in [4.78, 5) is 16.3. The van der Waals surface area contributed by atoms with Crippen LogP contribution in [0.5, 0.6) is 11.5 Å². The number of pyridine rings is 1. The van der Waals surface area contributed by atoms with Gasteiger partial charge in [-0.1, -0.05) is 0 Å². The maximum absolute atomic E-state index is 12.3. The van der Waals surface area contributed by atoms with Crippen LogP contribution in [0.2, 0.25) is 0 Å². The van der Waals surface area contributed by atoms with Crippen LogP contribution in [0.15, 0.2) is 55.0 Å². The second-order valence-corrected chi connectivity index (χ2v) is 5.28. The molecule has 2 aromatic heterocycles. The number of hydrogen-bond donors (Lipinski definition) is 1. The number of aromatic nitrogens is 3. The van der Waals surface area contributed by atoms with Crippen molar-refractivity contribution in [2.75, 3.05) is 12.1 Å². The van der Waals surface area contributed by atoms with Gasteiger partial charge in [0, 0.05) is 30.2 Å². The third-order valence-electron chi connectivity index (χ3n) is 3.61. The molecule has 1 aromatic carbocycles. The number of hydrogen-bond acceptors (Lipinski definition) is 5. The first-order valence-electron chi connectivity index (χ1n) is 7.41. The van der Waals surface area contributed by atoms with Gasteiger partial charge in [-0.3, -0.25) is 14.5 Å². The summed E-state index contributed by atoms with van der Waals surface area (Å²) in [6.07, 6.45) is 5.29. The first-order chi connectivity index (χ1) is 11.8. The Kier molecular flexibility index (Phi) is 3.59. The van der Waals surface area contributed by atoms with Crippen molar-refractivity contribution in [3.05, 3.63) is 66.1 Å². The maximum Gasteiger partial charge on any atom is 0.257 e. The number of anilines is 1. The third kappa shape index (κ3) is 2.91. The number of nitrogens with zero attached hydrogens (tertiary/aromatic N) is 3. The number of carbonyl (C=O) groups excluding carboxylic acids is 1. The van der Waals surface area contributed by atoms with Crippen LogP contribution in [0, 0.1) is 0 Å². The molecule has 120 valence electrons. The van der Waals surface area contributed by atoms with Crippen molar-refractivity contribution in [3.8, 4) is 11.5 Å². The quantitative estimate of drug-likeness (QED) is 0.797. The number of amides is 1. The molecule has 0 aliphatic carbocycles. The molecule has 1 amide bonds. The summed E-state index contributed by atoms with van der Waals surface area (Å²) in [5.74, 6) is 1.47. The molecule has 0 saturated heterocycles. The molecule has 0 fully saturated rings. The molecule has 4 rings (SSSR count). The maximum atomic E-state index is 12.3. The Morgan fingerprint density at radius 1 is 1.12 bits per heavy atom. The van der Waals surface area contributed by atoms with Crippen LogP contribution in [0.25, 0.3) is 0 Å². The van der Waals surface area contributed by atoms with Crippen LogP contribution in [-0.4, -0.2) is 27.5 Å². The second kappa shape index (κ2) is 6.04. The molecule has 3 heterocycles. The lowest BCUT2D eigenvalue weighted by Gasteiger charge is -2.04. The van der Waals surface area contributed by atoms with E-state index in [0.717, 1.165) is 5.56 Å². The number of fused-ring (bicyclic) bond motifs is 1. The standard InChI is InChI=1S/C17H14N4O3/c22-17(13-1-2-14-15(9-13)24-11-23-14)19-16-5-8-21(20-16)10-12-3-6-18-7-4-12/h1-9H,10-11H2,(H,19,20,22). The van der Waals surface area contributed by atoms with Crippen LogP contribution in [0.1, 0.15) is 15.9 Å². The molecule has 0 unspecified atom stereocenters. The summed E-state index contributed by atoms with van der Waals surface area (Å²) in [6.45, 7) is 0.794. The normalized spacial score (nSPS) is 12.2. The smallest absolute Gasteiger partial charge is 0.257 e. The van der Waals surface area contributed by atoms with E-state index in [1.165, 1.54) is 0 Å². The van der Waals surface area contributed by atoms with E-state index in [9.17, 15) is 4.79 Å². The number of benzene rings is 1. The Balaban J connectivity index is 1.45. The van der Waals surface area contributed by atoms with E-state index in [-0.39, 0.29) is 12.7 Å². The molecular weight excluding hydrogens is 308 g/mol. The Morgan fingerprint density at radius 2 is 1.96 bits per heavy atom. The van der Waals surface area contributed by atoms with Crippen molar-refractivity contribution in [2.45, 2.75) is 6.54 Å². The number of ether oxygens (including phenoxy) is 2. The first-order valence-corrected chi connectivity index (χ1v) is 7.41. The average Bonchev–Trinajstić information content (AvgIpc) is 3.24. The SMILES string of the molecule is O=C(Nc1ccn(Cc2ccncc2)n1)c1ccc2c(c1)OCO2. The topological polar surface area (TPSA) is 78.3 Å². The predicted molar refractivity (Wildman–Crippen MR) is 86.1 cm³/mol. The van der Waals surface area contributed by atoms with Crippen LogP contribution < -0.4 is 14.8 Å². The third-order valence-corrected chi connectivity index (χ3v) is 3.61. The van der Waals surface area contributed by atoms with Crippen LogP contribution >= 0.6 is 0 Å². The van der Waals surface area contributed by atoms with Crippen molar-refractivity contribution in [3.63, 3.8) is 0 Å². The van der Waals surface area contributed by atoms with E-state index in [0.29, 0.717) is 29.4 Å². The van der Waals surface area contributed by atoms with Crippen molar-refractivity contribution >= 4 is 11.7 Å². The summed E-state index contributed by atoms with van der Waals surface area (Å²) in [6, 6.07) is 10.7. The van der Waals surface area contributed by atoms with Crippen molar-refractivity contribution in [2.24, 2.45) is 0 Å². The number of carbonyl (C=O) groups is 1. The van der Waals surface area contributed by atoms with E-state index in [2.05, 4.69) is 15.4 Å². The van der Waals surface area contributed by atoms with Crippen LogP contribution in [0.3, 0.4) is 0 Å². The van der Waals surface area contributed by atoms with E-state index in [4.69, 9.17) is 9.47 Å². The van der Waals surface area contributed by atoms with E-state index in [1.54, 1.807) is 41.3 Å². The molecule has 0 bridgehead atoms. The van der Waals surface area contributed by atoms with Gasteiger partial charge in [-0.05, 0) is 35.9 Å². The highest BCUT2D eigenvalue weighted by molar-refractivity contribution is 6.04. The molecule has 0 saturated carbocycles. The molecular formula is C17H14N4O3. The minimum atomic E-state index is -0.248. The van der Waals surface area contributed by atoms with Gasteiger partial charge in [-0.15, -0.1) is 0 Å². The lowest BCUT2D eigenvalue weighted by atomic mass is 10.2. The molecule has 7 nitrogen and oxygen atoms in total. The van der Waals surface area contributed by atoms with Gasteiger partial charge in [-0.25, -0.2) is 0 Å². The zero-order chi connectivity index (χ0) is 16.4. The molecule has 7 heteroatoms. The fourth-order valence-electron chi connectivity index (χ4n) is 2.42. The Morgan fingerprint density at radius 3 is 2.83 bits per heavy atom. The van der Waals surface area contributed by atoms with Gasteiger partial charge >= 0.3 is 0 Å². The van der Waals surface area contributed by atoms with Gasteiger partial charge < -0.3 is 14.8 Å². The summed E-state index contributed by atoms with van der Waals surface area (Å²) in [7, 11) is 0. The predicted octanol–water partition coefficient (Wildman–Crippen LogP) is 2.31. The molecule has 1 aliphatic rings. The molecule has 0 atom stereocenters. The van der Waals surface area contributed by atoms with Crippen molar-refractivity contribution in [1.82, 2.24) is 14.8 Å². The fourth-order valence-corrected chi connectivity index (χ4v) is 2.42. The van der Waals surface area contributed by atoms with Gasteiger partial charge in [0.1, 0.15) is 0 Å². The first kappa shape index (κ1) is 14.3. The molecule has 0 radical (unpaired) electrons. The Labute approximate surface area is 137 Å². The molecule has 1 aliphatic heterocycles. The van der Waals surface area contributed by atoms with Gasteiger partial charge in [0.2, 0.25) is 6.79 Å². The van der Waals surface area contributed by atoms with Crippen molar-refractivity contribution in [1.29, 1.82) is 0 Å². The highest BCUT2D eigenvalue weighted by atomic mass is 16.7.